The standard InChI is InChI=1S/C14H16N2O5S/c1-18-9-4-5-10(11(8-9)19-2)13-15-16-14(21-13)22-7-6-12(17)20-3/h4-5,8H,6-7H2,1-3H3. The summed E-state index contributed by atoms with van der Waals surface area (Å²) in [5.74, 6) is 1.83. The van der Waals surface area contributed by atoms with Crippen LogP contribution in [0.4, 0.5) is 0 Å². The highest BCUT2D eigenvalue weighted by Gasteiger charge is 2.15. The summed E-state index contributed by atoms with van der Waals surface area (Å²) >= 11 is 1.29. The summed E-state index contributed by atoms with van der Waals surface area (Å²) in [6.07, 6.45) is 0.282. The van der Waals surface area contributed by atoms with Gasteiger partial charge >= 0.3 is 5.97 Å². The number of nitrogens with zero attached hydrogens (tertiary/aromatic N) is 2. The molecule has 0 atom stereocenters. The molecular formula is C14H16N2O5S. The van der Waals surface area contributed by atoms with E-state index in [-0.39, 0.29) is 12.4 Å². The highest BCUT2D eigenvalue weighted by atomic mass is 32.2. The number of benzene rings is 1. The monoisotopic (exact) mass is 324 g/mol. The zero-order valence-electron chi connectivity index (χ0n) is 12.5. The zero-order valence-corrected chi connectivity index (χ0v) is 13.3. The van der Waals surface area contributed by atoms with Crippen LogP contribution in [-0.4, -0.2) is 43.2 Å². The number of carbonyl (C=O) groups is 1. The van der Waals surface area contributed by atoms with Gasteiger partial charge in [0.1, 0.15) is 11.5 Å². The summed E-state index contributed by atoms with van der Waals surface area (Å²) in [6, 6.07) is 5.31. The number of hydrogen-bond donors (Lipinski definition) is 0. The van der Waals surface area contributed by atoms with E-state index in [1.165, 1.54) is 18.9 Å². The molecule has 1 aromatic heterocycles. The molecule has 118 valence electrons. The van der Waals surface area contributed by atoms with Crippen LogP contribution in [0.2, 0.25) is 0 Å². The summed E-state index contributed by atoms with van der Waals surface area (Å²) in [7, 11) is 4.49. The van der Waals surface area contributed by atoms with Crippen LogP contribution in [-0.2, 0) is 9.53 Å². The molecule has 0 aliphatic rings. The molecule has 8 heteroatoms. The molecule has 1 heterocycles. The molecule has 0 spiro atoms. The van der Waals surface area contributed by atoms with Gasteiger partial charge in [0, 0.05) is 11.8 Å². The first-order valence-corrected chi connectivity index (χ1v) is 7.42. The second kappa shape index (κ2) is 7.69. The van der Waals surface area contributed by atoms with Crippen LogP contribution in [0.25, 0.3) is 11.5 Å². The smallest absolute Gasteiger partial charge is 0.306 e. The summed E-state index contributed by atoms with van der Waals surface area (Å²) in [4.78, 5) is 11.0. The molecule has 0 fully saturated rings. The Morgan fingerprint density at radius 3 is 2.73 bits per heavy atom. The molecule has 0 bridgehead atoms. The van der Waals surface area contributed by atoms with E-state index in [0.29, 0.717) is 33.9 Å². The third kappa shape index (κ3) is 3.91. The SMILES string of the molecule is COC(=O)CCSc1nnc(-c2ccc(OC)cc2OC)o1. The fraction of sp³-hybridized carbons (Fsp3) is 0.357. The highest BCUT2D eigenvalue weighted by Crippen LogP contribution is 2.33. The maximum absolute atomic E-state index is 11.0. The Balaban J connectivity index is 2.09. The van der Waals surface area contributed by atoms with E-state index in [1.807, 2.05) is 0 Å². The normalized spacial score (nSPS) is 10.3. The van der Waals surface area contributed by atoms with Crippen LogP contribution in [0.15, 0.2) is 27.8 Å². The second-order valence-electron chi connectivity index (χ2n) is 4.11. The molecule has 0 radical (unpaired) electrons. The lowest BCUT2D eigenvalue weighted by Gasteiger charge is -2.07. The third-order valence-corrected chi connectivity index (χ3v) is 3.63. The number of thioether (sulfide) groups is 1. The highest BCUT2D eigenvalue weighted by molar-refractivity contribution is 7.99. The molecule has 7 nitrogen and oxygen atoms in total. The molecule has 0 amide bonds. The van der Waals surface area contributed by atoms with Crippen molar-refractivity contribution >= 4 is 17.7 Å². The molecule has 2 rings (SSSR count). The second-order valence-corrected chi connectivity index (χ2v) is 5.16. The van der Waals surface area contributed by atoms with Crippen molar-refractivity contribution in [2.24, 2.45) is 0 Å². The van der Waals surface area contributed by atoms with Crippen molar-refractivity contribution in [3.05, 3.63) is 18.2 Å². The van der Waals surface area contributed by atoms with E-state index >= 15 is 0 Å². The number of methoxy groups -OCH3 is 3. The lowest BCUT2D eigenvalue weighted by molar-refractivity contribution is -0.140. The van der Waals surface area contributed by atoms with Gasteiger partial charge in [0.05, 0.1) is 33.3 Å². The van der Waals surface area contributed by atoms with E-state index in [9.17, 15) is 4.79 Å². The van der Waals surface area contributed by atoms with Gasteiger partial charge in [-0.05, 0) is 12.1 Å². The van der Waals surface area contributed by atoms with Gasteiger partial charge in [0.15, 0.2) is 0 Å². The quantitative estimate of drug-likeness (QED) is 0.567. The molecule has 0 saturated carbocycles. The van der Waals surface area contributed by atoms with Gasteiger partial charge in [-0.15, -0.1) is 10.2 Å². The molecular weight excluding hydrogens is 308 g/mol. The Labute approximate surface area is 132 Å². The first-order valence-electron chi connectivity index (χ1n) is 6.43. The Kier molecular flexibility index (Phi) is 5.65. The van der Waals surface area contributed by atoms with Gasteiger partial charge in [0.2, 0.25) is 0 Å². The van der Waals surface area contributed by atoms with E-state index in [0.717, 1.165) is 0 Å². The molecule has 22 heavy (non-hydrogen) atoms. The maximum atomic E-state index is 11.0. The Hall–Kier alpha value is -2.22. The van der Waals surface area contributed by atoms with E-state index in [4.69, 9.17) is 13.9 Å². The lowest BCUT2D eigenvalue weighted by atomic mass is 10.2. The Morgan fingerprint density at radius 1 is 1.23 bits per heavy atom. The molecule has 0 aliphatic heterocycles. The van der Waals surface area contributed by atoms with E-state index in [2.05, 4.69) is 14.9 Å². The largest absolute Gasteiger partial charge is 0.497 e. The van der Waals surface area contributed by atoms with Crippen molar-refractivity contribution in [1.82, 2.24) is 10.2 Å². The van der Waals surface area contributed by atoms with Crippen LogP contribution in [0.3, 0.4) is 0 Å². The molecule has 0 N–H and O–H groups in total. The van der Waals surface area contributed by atoms with Gasteiger partial charge in [-0.1, -0.05) is 11.8 Å². The van der Waals surface area contributed by atoms with Gasteiger partial charge in [-0.2, -0.15) is 0 Å². The van der Waals surface area contributed by atoms with Gasteiger partial charge < -0.3 is 18.6 Å². The molecule has 0 saturated heterocycles. The Bertz CT molecular complexity index is 644. The first kappa shape index (κ1) is 16.2. The third-order valence-electron chi connectivity index (χ3n) is 2.80. The Morgan fingerprint density at radius 2 is 2.05 bits per heavy atom. The van der Waals surface area contributed by atoms with Crippen molar-refractivity contribution < 1.29 is 23.4 Å². The summed E-state index contributed by atoms with van der Waals surface area (Å²) in [5.41, 5.74) is 0.676. The van der Waals surface area contributed by atoms with E-state index in [1.54, 1.807) is 32.4 Å². The lowest BCUT2D eigenvalue weighted by Crippen LogP contribution is -2.00. The average Bonchev–Trinajstić information content (AvgIpc) is 3.02. The van der Waals surface area contributed by atoms with Crippen LogP contribution in [0.1, 0.15) is 6.42 Å². The number of carbonyl (C=O) groups excluding carboxylic acids is 1. The van der Waals surface area contributed by atoms with Gasteiger partial charge in [0.25, 0.3) is 11.1 Å². The van der Waals surface area contributed by atoms with Crippen LogP contribution in [0.5, 0.6) is 11.5 Å². The summed E-state index contributed by atoms with van der Waals surface area (Å²) in [5, 5.41) is 8.32. The number of aromatic nitrogens is 2. The predicted molar refractivity (Wildman–Crippen MR) is 80.2 cm³/mol. The molecule has 0 aliphatic carbocycles. The summed E-state index contributed by atoms with van der Waals surface area (Å²) in [6.45, 7) is 0. The van der Waals surface area contributed by atoms with Crippen LogP contribution in [0, 0.1) is 0 Å². The fourth-order valence-corrected chi connectivity index (χ4v) is 2.36. The van der Waals surface area contributed by atoms with Crippen molar-refractivity contribution in [1.29, 1.82) is 0 Å². The topological polar surface area (TPSA) is 83.7 Å². The minimum absolute atomic E-state index is 0.274. The molecule has 1 aromatic carbocycles. The van der Waals surface area contributed by atoms with Crippen molar-refractivity contribution in [2.75, 3.05) is 27.1 Å². The minimum atomic E-state index is -0.274. The van der Waals surface area contributed by atoms with Crippen molar-refractivity contribution in [3.63, 3.8) is 0 Å². The van der Waals surface area contributed by atoms with Gasteiger partial charge in [-0.25, -0.2) is 0 Å². The van der Waals surface area contributed by atoms with Crippen LogP contribution < -0.4 is 9.47 Å². The number of rotatable bonds is 7. The maximum Gasteiger partial charge on any atom is 0.306 e. The molecule has 2 aromatic rings. The van der Waals surface area contributed by atoms with E-state index < -0.39 is 0 Å². The molecule has 0 unspecified atom stereocenters. The minimum Gasteiger partial charge on any atom is -0.497 e. The first-order chi connectivity index (χ1) is 10.7. The van der Waals surface area contributed by atoms with Crippen molar-refractivity contribution in [3.8, 4) is 23.0 Å². The fourth-order valence-electron chi connectivity index (χ4n) is 1.68. The van der Waals surface area contributed by atoms with Crippen molar-refractivity contribution in [2.45, 2.75) is 11.6 Å². The predicted octanol–water partition coefficient (Wildman–Crippen LogP) is 2.41. The number of ether oxygens (including phenoxy) is 3. The zero-order chi connectivity index (χ0) is 15.9. The number of hydrogen-bond acceptors (Lipinski definition) is 8. The number of esters is 1. The van der Waals surface area contributed by atoms with Crippen LogP contribution >= 0.6 is 11.8 Å². The summed E-state index contributed by atoms with van der Waals surface area (Å²) < 4.78 is 20.6. The average molecular weight is 324 g/mol. The van der Waals surface area contributed by atoms with Gasteiger partial charge in [-0.3, -0.25) is 4.79 Å².